The first-order chi connectivity index (χ1) is 10.3. The van der Waals surface area contributed by atoms with Crippen LogP contribution in [0.5, 0.6) is 0 Å². The van der Waals surface area contributed by atoms with Gasteiger partial charge in [-0.1, -0.05) is 41.5 Å². The number of hydrogen-bond donors (Lipinski definition) is 1. The van der Waals surface area contributed by atoms with E-state index in [2.05, 4.69) is 75.1 Å². The summed E-state index contributed by atoms with van der Waals surface area (Å²) in [7, 11) is 0. The van der Waals surface area contributed by atoms with Crippen LogP contribution >= 0.6 is 0 Å². The predicted octanol–water partition coefficient (Wildman–Crippen LogP) is 5.24. The van der Waals surface area contributed by atoms with E-state index < -0.39 is 0 Å². The van der Waals surface area contributed by atoms with Crippen LogP contribution in [-0.2, 0) is 0 Å². The average molecular weight is 304 g/mol. The van der Waals surface area contributed by atoms with Crippen molar-refractivity contribution < 1.29 is 0 Å². The van der Waals surface area contributed by atoms with Gasteiger partial charge in [-0.15, -0.1) is 0 Å². The molecule has 4 nitrogen and oxygen atoms in total. The fraction of sp³-hybridized carbons (Fsp3) is 0.667. The second kappa shape index (κ2) is 8.16. The van der Waals surface area contributed by atoms with E-state index in [4.69, 9.17) is 0 Å². The number of H-pyrrole nitrogens is 1. The molecule has 2 heterocycles. The molecule has 0 fully saturated rings. The Morgan fingerprint density at radius 3 is 1.86 bits per heavy atom. The molecule has 0 saturated carbocycles. The Hall–Kier alpha value is -1.58. The monoisotopic (exact) mass is 304 g/mol. The van der Waals surface area contributed by atoms with Crippen molar-refractivity contribution in [1.82, 2.24) is 19.7 Å². The molecule has 2 aromatic heterocycles. The van der Waals surface area contributed by atoms with Gasteiger partial charge in [0.2, 0.25) is 0 Å². The molecule has 124 valence electrons. The minimum atomic E-state index is 0.523. The maximum absolute atomic E-state index is 4.13. The van der Waals surface area contributed by atoms with Crippen molar-refractivity contribution in [1.29, 1.82) is 0 Å². The Bertz CT molecular complexity index is 452. The Balaban J connectivity index is 0.000000220. The summed E-state index contributed by atoms with van der Waals surface area (Å²) in [5.74, 6) is 1.70. The lowest BCUT2D eigenvalue weighted by atomic mass is 9.98. The second-order valence-electron chi connectivity index (χ2n) is 7.02. The van der Waals surface area contributed by atoms with Crippen molar-refractivity contribution in [2.75, 3.05) is 0 Å². The van der Waals surface area contributed by atoms with Gasteiger partial charge in [0.05, 0.1) is 12.5 Å². The minimum absolute atomic E-state index is 0.523. The van der Waals surface area contributed by atoms with Crippen LogP contribution in [0, 0.1) is 0 Å². The summed E-state index contributed by atoms with van der Waals surface area (Å²) < 4.78 is 2.21. The van der Waals surface area contributed by atoms with Gasteiger partial charge >= 0.3 is 0 Å². The van der Waals surface area contributed by atoms with E-state index in [0.29, 0.717) is 23.8 Å². The molecule has 4 heteroatoms. The van der Waals surface area contributed by atoms with Crippen LogP contribution in [0.25, 0.3) is 0 Å². The van der Waals surface area contributed by atoms with E-state index in [9.17, 15) is 0 Å². The molecule has 2 rings (SSSR count). The lowest BCUT2D eigenvalue weighted by molar-refractivity contribution is 0.558. The summed E-state index contributed by atoms with van der Waals surface area (Å²) in [5.41, 5.74) is 3.94. The molecule has 0 aromatic carbocycles. The molecule has 0 aliphatic heterocycles. The van der Waals surface area contributed by atoms with Gasteiger partial charge in [0.25, 0.3) is 0 Å². The van der Waals surface area contributed by atoms with Crippen LogP contribution in [-0.4, -0.2) is 19.7 Å². The van der Waals surface area contributed by atoms with Crippen LogP contribution < -0.4 is 0 Å². The molecular weight excluding hydrogens is 272 g/mol. The van der Waals surface area contributed by atoms with Gasteiger partial charge in [-0.25, -0.2) is 4.98 Å². The lowest BCUT2D eigenvalue weighted by Gasteiger charge is -2.13. The standard InChI is InChI=1S/2C9H16N2/c1-7(2)9-5-10-6-11(9)8(3)4;1-6(2)8-5-10-11-9(8)7(3)4/h5-8H,1-4H3;5-7H,1-4H3,(H,10,11). The van der Waals surface area contributed by atoms with Crippen LogP contribution in [0.15, 0.2) is 18.7 Å². The summed E-state index contributed by atoms with van der Waals surface area (Å²) in [6, 6.07) is 0.523. The number of hydrogen-bond acceptors (Lipinski definition) is 2. The molecule has 0 aliphatic rings. The van der Waals surface area contributed by atoms with Crippen molar-refractivity contribution in [3.63, 3.8) is 0 Å². The third kappa shape index (κ3) is 4.72. The number of nitrogens with one attached hydrogen (secondary N) is 1. The van der Waals surface area contributed by atoms with Crippen LogP contribution in [0.4, 0.5) is 0 Å². The Morgan fingerprint density at radius 2 is 1.50 bits per heavy atom. The third-order valence-electron chi connectivity index (χ3n) is 3.74. The number of nitrogens with zero attached hydrogens (tertiary/aromatic N) is 3. The Kier molecular flexibility index (Phi) is 6.85. The topological polar surface area (TPSA) is 46.5 Å². The highest BCUT2D eigenvalue weighted by atomic mass is 15.1. The Labute approximate surface area is 135 Å². The number of aromatic nitrogens is 4. The zero-order chi connectivity index (χ0) is 16.9. The van der Waals surface area contributed by atoms with E-state index in [1.54, 1.807) is 0 Å². The van der Waals surface area contributed by atoms with E-state index in [1.807, 2.05) is 18.7 Å². The zero-order valence-electron chi connectivity index (χ0n) is 15.4. The SMILES string of the molecule is CC(C)c1cn[nH]c1C(C)C.CC(C)c1cncn1C(C)C. The molecule has 0 spiro atoms. The zero-order valence-corrected chi connectivity index (χ0v) is 15.4. The molecule has 22 heavy (non-hydrogen) atoms. The lowest BCUT2D eigenvalue weighted by Crippen LogP contribution is -2.05. The van der Waals surface area contributed by atoms with Crippen molar-refractivity contribution >= 4 is 0 Å². The van der Waals surface area contributed by atoms with E-state index in [0.717, 1.165) is 0 Å². The molecule has 0 atom stereocenters. The fourth-order valence-corrected chi connectivity index (χ4v) is 2.42. The first-order valence-corrected chi connectivity index (χ1v) is 8.30. The van der Waals surface area contributed by atoms with Crippen LogP contribution in [0.2, 0.25) is 0 Å². The van der Waals surface area contributed by atoms with Crippen molar-refractivity contribution in [2.45, 2.75) is 79.2 Å². The van der Waals surface area contributed by atoms with Crippen molar-refractivity contribution in [3.8, 4) is 0 Å². The summed E-state index contributed by atoms with van der Waals surface area (Å²) in [6.07, 6.45) is 5.78. The normalized spacial score (nSPS) is 11.5. The van der Waals surface area contributed by atoms with Gasteiger partial charge in [0.1, 0.15) is 0 Å². The van der Waals surface area contributed by atoms with Gasteiger partial charge in [-0.2, -0.15) is 5.10 Å². The molecule has 2 aromatic rings. The molecule has 0 aliphatic carbocycles. The van der Waals surface area contributed by atoms with E-state index >= 15 is 0 Å². The number of imidazole rings is 1. The Morgan fingerprint density at radius 1 is 0.864 bits per heavy atom. The number of aromatic amines is 1. The highest BCUT2D eigenvalue weighted by Gasteiger charge is 2.10. The molecule has 0 saturated heterocycles. The quantitative estimate of drug-likeness (QED) is 0.839. The fourth-order valence-electron chi connectivity index (χ4n) is 2.42. The van der Waals surface area contributed by atoms with Crippen LogP contribution in [0.1, 0.15) is 96.1 Å². The highest BCUT2D eigenvalue weighted by molar-refractivity contribution is 5.22. The van der Waals surface area contributed by atoms with Gasteiger partial charge in [-0.3, -0.25) is 5.10 Å². The second-order valence-corrected chi connectivity index (χ2v) is 7.02. The molecule has 1 N–H and O–H groups in total. The van der Waals surface area contributed by atoms with Gasteiger partial charge < -0.3 is 4.57 Å². The molecule has 0 bridgehead atoms. The van der Waals surface area contributed by atoms with Gasteiger partial charge in [-0.05, 0) is 37.2 Å². The first-order valence-electron chi connectivity index (χ1n) is 8.30. The minimum Gasteiger partial charge on any atom is -0.332 e. The summed E-state index contributed by atoms with van der Waals surface area (Å²) in [6.45, 7) is 17.5. The third-order valence-corrected chi connectivity index (χ3v) is 3.74. The smallest absolute Gasteiger partial charge is 0.0950 e. The van der Waals surface area contributed by atoms with Crippen molar-refractivity contribution in [3.05, 3.63) is 35.7 Å². The first kappa shape index (κ1) is 18.5. The van der Waals surface area contributed by atoms with Crippen molar-refractivity contribution in [2.24, 2.45) is 0 Å². The maximum Gasteiger partial charge on any atom is 0.0950 e. The summed E-state index contributed by atoms with van der Waals surface area (Å²) in [5, 5.41) is 7.08. The highest BCUT2D eigenvalue weighted by Crippen LogP contribution is 2.22. The van der Waals surface area contributed by atoms with Gasteiger partial charge in [0, 0.05) is 23.6 Å². The predicted molar refractivity (Wildman–Crippen MR) is 93.5 cm³/mol. The maximum atomic E-state index is 4.13. The van der Waals surface area contributed by atoms with Crippen LogP contribution in [0.3, 0.4) is 0 Å². The summed E-state index contributed by atoms with van der Waals surface area (Å²) >= 11 is 0. The number of rotatable bonds is 4. The molecule has 0 amide bonds. The van der Waals surface area contributed by atoms with E-state index in [1.165, 1.54) is 17.0 Å². The summed E-state index contributed by atoms with van der Waals surface area (Å²) in [4.78, 5) is 4.13. The van der Waals surface area contributed by atoms with Gasteiger partial charge in [0.15, 0.2) is 0 Å². The van der Waals surface area contributed by atoms with E-state index in [-0.39, 0.29) is 0 Å². The largest absolute Gasteiger partial charge is 0.332 e. The molecule has 0 radical (unpaired) electrons. The molecule has 0 unspecified atom stereocenters. The average Bonchev–Trinajstić information content (AvgIpc) is 3.08. The molecular formula is C18H32N4.